The molecule has 0 amide bonds. The molecule has 0 N–H and O–H groups in total. The van der Waals surface area contributed by atoms with Crippen LogP contribution in [-0.2, 0) is 4.43 Å². The van der Waals surface area contributed by atoms with Crippen LogP contribution in [0.3, 0.4) is 0 Å². The van der Waals surface area contributed by atoms with E-state index >= 15 is 0 Å². The number of hydrogen-bond acceptors (Lipinski definition) is 2. The third-order valence-electron chi connectivity index (χ3n) is 3.86. The maximum absolute atomic E-state index is 6.49. The Labute approximate surface area is 122 Å². The Morgan fingerprint density at radius 2 is 1.68 bits per heavy atom. The zero-order valence-corrected chi connectivity index (χ0v) is 14.5. The van der Waals surface area contributed by atoms with E-state index in [4.69, 9.17) is 20.4 Å². The second-order valence-corrected chi connectivity index (χ2v) is 11.5. The molecular formula is C15H25ClO2Si. The van der Waals surface area contributed by atoms with Gasteiger partial charge in [0.05, 0.1) is 6.26 Å². The van der Waals surface area contributed by atoms with Crippen molar-refractivity contribution in [1.29, 1.82) is 0 Å². The first-order valence-electron chi connectivity index (χ1n) is 6.89. The number of halogens is 1. The number of hydrogen-bond donors (Lipinski definition) is 0. The van der Waals surface area contributed by atoms with Crippen LogP contribution in [0.4, 0.5) is 0 Å². The highest BCUT2D eigenvalue weighted by molar-refractivity contribution is 6.78. The van der Waals surface area contributed by atoms with Crippen molar-refractivity contribution >= 4 is 25.7 Å². The molecule has 4 heteroatoms. The van der Waals surface area contributed by atoms with Crippen molar-refractivity contribution in [1.82, 2.24) is 0 Å². The van der Waals surface area contributed by atoms with Crippen LogP contribution in [0.1, 0.15) is 47.3 Å². The number of rotatable bonds is 6. The van der Waals surface area contributed by atoms with Gasteiger partial charge in [0.15, 0.2) is 11.5 Å². The average molecular weight is 301 g/mol. The molecule has 2 nitrogen and oxygen atoms in total. The van der Waals surface area contributed by atoms with E-state index in [-0.39, 0.29) is 0 Å². The van der Waals surface area contributed by atoms with E-state index in [2.05, 4.69) is 41.5 Å². The van der Waals surface area contributed by atoms with Gasteiger partial charge in [0.2, 0.25) is 0 Å². The van der Waals surface area contributed by atoms with Gasteiger partial charge in [0, 0.05) is 5.54 Å². The molecule has 0 aliphatic carbocycles. The normalized spacial score (nSPS) is 13.7. The molecule has 0 aliphatic heterocycles. The standard InChI is InChI=1S/C15H25ClO2Si/c1-11(2)19(12(3)4,13(5)6)18-15(10-16)14-8-7-9-17-14/h7-13H,1-6H3. The summed E-state index contributed by atoms with van der Waals surface area (Å²) in [6.45, 7) is 13.5. The Kier molecular flexibility index (Phi) is 5.75. The molecular weight excluding hydrogens is 276 g/mol. The van der Waals surface area contributed by atoms with Gasteiger partial charge in [-0.05, 0) is 28.8 Å². The van der Waals surface area contributed by atoms with Crippen LogP contribution in [0.15, 0.2) is 28.3 Å². The summed E-state index contributed by atoms with van der Waals surface area (Å²) >= 11 is 5.95. The van der Waals surface area contributed by atoms with Gasteiger partial charge < -0.3 is 8.84 Å². The van der Waals surface area contributed by atoms with Crippen molar-refractivity contribution in [3.63, 3.8) is 0 Å². The van der Waals surface area contributed by atoms with Gasteiger partial charge in [0.25, 0.3) is 8.32 Å². The minimum Gasteiger partial charge on any atom is -0.540 e. The van der Waals surface area contributed by atoms with Gasteiger partial charge >= 0.3 is 0 Å². The van der Waals surface area contributed by atoms with E-state index in [0.29, 0.717) is 28.1 Å². The van der Waals surface area contributed by atoms with Crippen LogP contribution in [0, 0.1) is 0 Å². The lowest BCUT2D eigenvalue weighted by Crippen LogP contribution is -2.47. The van der Waals surface area contributed by atoms with Crippen LogP contribution in [0.25, 0.3) is 5.76 Å². The van der Waals surface area contributed by atoms with Crippen molar-refractivity contribution in [3.8, 4) is 0 Å². The molecule has 0 radical (unpaired) electrons. The van der Waals surface area contributed by atoms with E-state index in [1.165, 1.54) is 5.54 Å². The Hall–Kier alpha value is -0.673. The molecule has 0 aromatic carbocycles. The molecule has 1 aromatic rings. The fraction of sp³-hybridized carbons (Fsp3) is 0.600. The van der Waals surface area contributed by atoms with E-state index in [0.717, 1.165) is 0 Å². The minimum atomic E-state index is -1.98. The summed E-state index contributed by atoms with van der Waals surface area (Å²) in [7, 11) is -1.98. The third kappa shape index (κ3) is 3.26. The molecule has 0 bridgehead atoms. The van der Waals surface area contributed by atoms with Gasteiger partial charge in [-0.1, -0.05) is 53.1 Å². The number of furan rings is 1. The highest BCUT2D eigenvalue weighted by Gasteiger charge is 2.47. The van der Waals surface area contributed by atoms with Gasteiger partial charge in [0.1, 0.15) is 0 Å². The molecule has 1 rings (SSSR count). The molecule has 108 valence electrons. The quantitative estimate of drug-likeness (QED) is 0.474. The summed E-state index contributed by atoms with van der Waals surface area (Å²) in [5.74, 6) is 1.36. The lowest BCUT2D eigenvalue weighted by molar-refractivity contribution is 0.419. The zero-order valence-electron chi connectivity index (χ0n) is 12.7. The smallest absolute Gasteiger partial charge is 0.258 e. The topological polar surface area (TPSA) is 22.4 Å². The Bertz CT molecular complexity index is 386. The highest BCUT2D eigenvalue weighted by atomic mass is 35.5. The molecule has 0 spiro atoms. The molecule has 0 aliphatic rings. The Balaban J connectivity index is 3.14. The average Bonchev–Trinajstić information content (AvgIpc) is 2.82. The summed E-state index contributed by atoms with van der Waals surface area (Å²) < 4.78 is 11.9. The Morgan fingerprint density at radius 1 is 1.16 bits per heavy atom. The maximum Gasteiger partial charge on any atom is 0.258 e. The van der Waals surface area contributed by atoms with E-state index in [1.54, 1.807) is 6.26 Å². The second kappa shape index (κ2) is 6.66. The van der Waals surface area contributed by atoms with Crippen LogP contribution < -0.4 is 0 Å². The molecule has 0 saturated carbocycles. The molecule has 0 fully saturated rings. The van der Waals surface area contributed by atoms with E-state index < -0.39 is 8.32 Å². The summed E-state index contributed by atoms with van der Waals surface area (Å²) in [6, 6.07) is 3.73. The van der Waals surface area contributed by atoms with Crippen LogP contribution in [0.2, 0.25) is 16.6 Å². The minimum absolute atomic E-state index is 0.508. The largest absolute Gasteiger partial charge is 0.540 e. The summed E-state index contributed by atoms with van der Waals surface area (Å²) in [5, 5.41) is 0. The fourth-order valence-corrected chi connectivity index (χ4v) is 8.56. The van der Waals surface area contributed by atoms with Crippen LogP contribution in [0.5, 0.6) is 0 Å². The van der Waals surface area contributed by atoms with Crippen LogP contribution >= 0.6 is 11.6 Å². The van der Waals surface area contributed by atoms with Crippen molar-refractivity contribution in [3.05, 3.63) is 29.7 Å². The first-order chi connectivity index (χ1) is 8.86. The van der Waals surface area contributed by atoms with Crippen molar-refractivity contribution in [2.24, 2.45) is 0 Å². The molecule has 0 saturated heterocycles. The summed E-state index contributed by atoms with van der Waals surface area (Å²) in [6.07, 6.45) is 1.64. The predicted octanol–water partition coefficient (Wildman–Crippen LogP) is 6.01. The molecule has 1 aromatic heterocycles. The van der Waals surface area contributed by atoms with Crippen molar-refractivity contribution < 1.29 is 8.84 Å². The first-order valence-corrected chi connectivity index (χ1v) is 9.47. The summed E-state index contributed by atoms with van der Waals surface area (Å²) in [5.41, 5.74) is 3.02. The first kappa shape index (κ1) is 16.4. The van der Waals surface area contributed by atoms with Gasteiger partial charge in [-0.15, -0.1) is 0 Å². The van der Waals surface area contributed by atoms with E-state index in [1.807, 2.05) is 12.1 Å². The van der Waals surface area contributed by atoms with Gasteiger partial charge in [-0.3, -0.25) is 0 Å². The fourth-order valence-electron chi connectivity index (χ4n) is 3.09. The molecule has 19 heavy (non-hydrogen) atoms. The molecule has 0 unspecified atom stereocenters. The third-order valence-corrected chi connectivity index (χ3v) is 10.0. The maximum atomic E-state index is 6.49. The zero-order chi connectivity index (χ0) is 14.6. The molecule has 1 heterocycles. The SMILES string of the molecule is CC(C)[Si](OC(=CCl)c1ccco1)(C(C)C)C(C)C. The highest BCUT2D eigenvalue weighted by Crippen LogP contribution is 2.44. The molecule has 0 atom stereocenters. The summed E-state index contributed by atoms with van der Waals surface area (Å²) in [4.78, 5) is 0. The second-order valence-electron chi connectivity index (χ2n) is 5.87. The van der Waals surface area contributed by atoms with Crippen LogP contribution in [-0.4, -0.2) is 8.32 Å². The lowest BCUT2D eigenvalue weighted by atomic mass is 10.4. The van der Waals surface area contributed by atoms with Gasteiger partial charge in [-0.25, -0.2) is 0 Å². The monoisotopic (exact) mass is 300 g/mol. The van der Waals surface area contributed by atoms with Crippen molar-refractivity contribution in [2.45, 2.75) is 58.2 Å². The Morgan fingerprint density at radius 3 is 2.00 bits per heavy atom. The van der Waals surface area contributed by atoms with Gasteiger partial charge in [-0.2, -0.15) is 0 Å². The van der Waals surface area contributed by atoms with E-state index in [9.17, 15) is 0 Å². The predicted molar refractivity (Wildman–Crippen MR) is 84.7 cm³/mol. The lowest BCUT2D eigenvalue weighted by Gasteiger charge is -2.42. The van der Waals surface area contributed by atoms with Crippen molar-refractivity contribution in [2.75, 3.05) is 0 Å².